The molecule has 0 unspecified atom stereocenters. The van der Waals surface area contributed by atoms with Gasteiger partial charge in [-0.15, -0.1) is 0 Å². The lowest BCUT2D eigenvalue weighted by atomic mass is 10.0. The molecule has 1 heterocycles. The third-order valence-corrected chi connectivity index (χ3v) is 2.61. The Bertz CT molecular complexity index is 500. The monoisotopic (exact) mass is 216 g/mol. The van der Waals surface area contributed by atoms with Crippen LogP contribution in [0.15, 0.2) is 30.6 Å². The van der Waals surface area contributed by atoms with Crippen molar-refractivity contribution in [3.63, 3.8) is 0 Å². The fourth-order valence-corrected chi connectivity index (χ4v) is 1.72. The number of aryl methyl sites for hydroxylation is 1. The van der Waals surface area contributed by atoms with E-state index in [1.54, 1.807) is 16.9 Å². The van der Waals surface area contributed by atoms with Gasteiger partial charge in [-0.3, -0.25) is 0 Å². The molecule has 0 atom stereocenters. The summed E-state index contributed by atoms with van der Waals surface area (Å²) < 4.78 is 1.76. The molecule has 2 aromatic rings. The number of aromatic nitrogens is 2. The second kappa shape index (κ2) is 4.00. The van der Waals surface area contributed by atoms with Gasteiger partial charge in [-0.25, -0.2) is 4.68 Å². The van der Waals surface area contributed by atoms with Crippen molar-refractivity contribution in [2.45, 2.75) is 26.7 Å². The number of hydrogen-bond donors (Lipinski definition) is 1. The molecule has 0 aliphatic carbocycles. The van der Waals surface area contributed by atoms with Crippen LogP contribution in [0.25, 0.3) is 5.69 Å². The second-order valence-corrected chi connectivity index (χ2v) is 4.36. The number of aromatic hydroxyl groups is 1. The molecule has 3 heteroatoms. The largest absolute Gasteiger partial charge is 0.508 e. The third-order valence-electron chi connectivity index (χ3n) is 2.61. The molecule has 0 amide bonds. The third kappa shape index (κ3) is 1.94. The SMILES string of the molecule is Cc1cnn(-c2ccc(C(C)C)c(O)c2)c1. The van der Waals surface area contributed by atoms with E-state index in [0.29, 0.717) is 11.7 Å². The smallest absolute Gasteiger partial charge is 0.121 e. The van der Waals surface area contributed by atoms with Crippen LogP contribution in [-0.2, 0) is 0 Å². The molecular formula is C13H16N2O. The highest BCUT2D eigenvalue weighted by molar-refractivity contribution is 5.45. The van der Waals surface area contributed by atoms with Crippen LogP contribution in [0.1, 0.15) is 30.9 Å². The minimum Gasteiger partial charge on any atom is -0.508 e. The Hall–Kier alpha value is -1.77. The van der Waals surface area contributed by atoms with E-state index in [2.05, 4.69) is 18.9 Å². The molecule has 1 aromatic heterocycles. The molecule has 2 rings (SSSR count). The molecule has 0 saturated carbocycles. The van der Waals surface area contributed by atoms with Crippen molar-refractivity contribution in [1.29, 1.82) is 0 Å². The summed E-state index contributed by atoms with van der Waals surface area (Å²) in [5.41, 5.74) is 2.95. The van der Waals surface area contributed by atoms with Crippen LogP contribution in [0.5, 0.6) is 5.75 Å². The van der Waals surface area contributed by atoms with Crippen molar-refractivity contribution in [1.82, 2.24) is 9.78 Å². The molecule has 1 aromatic carbocycles. The first-order chi connectivity index (χ1) is 7.58. The Morgan fingerprint density at radius 1 is 1.31 bits per heavy atom. The Morgan fingerprint density at radius 2 is 2.06 bits per heavy atom. The van der Waals surface area contributed by atoms with Crippen molar-refractivity contribution < 1.29 is 5.11 Å². The zero-order valence-electron chi connectivity index (χ0n) is 9.81. The van der Waals surface area contributed by atoms with Crippen LogP contribution in [-0.4, -0.2) is 14.9 Å². The molecule has 3 nitrogen and oxygen atoms in total. The fraction of sp³-hybridized carbons (Fsp3) is 0.308. The Kier molecular flexibility index (Phi) is 2.69. The standard InChI is InChI=1S/C13H16N2O/c1-9(2)12-5-4-11(6-13(12)16)15-8-10(3)7-14-15/h4-9,16H,1-3H3. The van der Waals surface area contributed by atoms with E-state index in [1.165, 1.54) is 0 Å². The number of hydrogen-bond acceptors (Lipinski definition) is 2. The minimum absolute atomic E-state index is 0.327. The molecule has 0 spiro atoms. The second-order valence-electron chi connectivity index (χ2n) is 4.36. The summed E-state index contributed by atoms with van der Waals surface area (Å²) >= 11 is 0. The molecule has 0 fully saturated rings. The summed E-state index contributed by atoms with van der Waals surface area (Å²) in [6.07, 6.45) is 3.73. The van der Waals surface area contributed by atoms with E-state index in [9.17, 15) is 5.11 Å². The van der Waals surface area contributed by atoms with Crippen molar-refractivity contribution in [2.75, 3.05) is 0 Å². The van der Waals surface area contributed by atoms with E-state index >= 15 is 0 Å². The highest BCUT2D eigenvalue weighted by Crippen LogP contribution is 2.27. The average Bonchev–Trinajstić information content (AvgIpc) is 2.64. The van der Waals surface area contributed by atoms with Gasteiger partial charge in [0.15, 0.2) is 0 Å². The van der Waals surface area contributed by atoms with Crippen molar-refractivity contribution in [2.24, 2.45) is 0 Å². The zero-order chi connectivity index (χ0) is 11.7. The predicted octanol–water partition coefficient (Wildman–Crippen LogP) is 3.01. The summed E-state index contributed by atoms with van der Waals surface area (Å²) in [7, 11) is 0. The van der Waals surface area contributed by atoms with Crippen molar-refractivity contribution in [3.8, 4) is 11.4 Å². The van der Waals surface area contributed by atoms with Gasteiger partial charge in [0, 0.05) is 12.3 Å². The fourth-order valence-electron chi connectivity index (χ4n) is 1.72. The Morgan fingerprint density at radius 3 is 2.56 bits per heavy atom. The number of phenolic OH excluding ortho intramolecular Hbond substituents is 1. The summed E-state index contributed by atoms with van der Waals surface area (Å²) in [4.78, 5) is 0. The molecular weight excluding hydrogens is 200 g/mol. The average molecular weight is 216 g/mol. The van der Waals surface area contributed by atoms with E-state index in [0.717, 1.165) is 16.8 Å². The first kappa shape index (κ1) is 10.7. The molecule has 0 radical (unpaired) electrons. The Labute approximate surface area is 95.3 Å². The summed E-state index contributed by atoms with van der Waals surface area (Å²) in [5.74, 6) is 0.661. The molecule has 0 aliphatic heterocycles. The van der Waals surface area contributed by atoms with E-state index in [1.807, 2.05) is 25.3 Å². The van der Waals surface area contributed by atoms with Crippen LogP contribution >= 0.6 is 0 Å². The highest BCUT2D eigenvalue weighted by atomic mass is 16.3. The van der Waals surface area contributed by atoms with Crippen LogP contribution in [0.4, 0.5) is 0 Å². The van der Waals surface area contributed by atoms with Gasteiger partial charge in [0.05, 0.1) is 11.9 Å². The van der Waals surface area contributed by atoms with Crippen molar-refractivity contribution >= 4 is 0 Å². The van der Waals surface area contributed by atoms with Crippen molar-refractivity contribution in [3.05, 3.63) is 41.7 Å². The number of nitrogens with zero attached hydrogens (tertiary/aromatic N) is 2. The number of phenols is 1. The van der Waals surface area contributed by atoms with Gasteiger partial charge in [-0.2, -0.15) is 5.10 Å². The minimum atomic E-state index is 0.327. The van der Waals surface area contributed by atoms with Gasteiger partial charge in [-0.1, -0.05) is 19.9 Å². The van der Waals surface area contributed by atoms with E-state index in [4.69, 9.17) is 0 Å². The van der Waals surface area contributed by atoms with Crippen LogP contribution in [0.3, 0.4) is 0 Å². The molecule has 0 bridgehead atoms. The van der Waals surface area contributed by atoms with Gasteiger partial charge < -0.3 is 5.11 Å². The topological polar surface area (TPSA) is 38.0 Å². The maximum atomic E-state index is 9.89. The van der Waals surface area contributed by atoms with Gasteiger partial charge in [0.25, 0.3) is 0 Å². The van der Waals surface area contributed by atoms with Gasteiger partial charge in [0.2, 0.25) is 0 Å². The lowest BCUT2D eigenvalue weighted by Crippen LogP contribution is -1.96. The number of rotatable bonds is 2. The first-order valence-electron chi connectivity index (χ1n) is 5.42. The Balaban J connectivity index is 2.42. The van der Waals surface area contributed by atoms with Crippen LogP contribution in [0.2, 0.25) is 0 Å². The van der Waals surface area contributed by atoms with E-state index in [-0.39, 0.29) is 0 Å². The lowest BCUT2D eigenvalue weighted by Gasteiger charge is -2.09. The van der Waals surface area contributed by atoms with Gasteiger partial charge >= 0.3 is 0 Å². The summed E-state index contributed by atoms with van der Waals surface area (Å²) in [5, 5.41) is 14.1. The molecule has 1 N–H and O–H groups in total. The normalized spacial score (nSPS) is 11.0. The number of benzene rings is 1. The molecule has 16 heavy (non-hydrogen) atoms. The maximum Gasteiger partial charge on any atom is 0.121 e. The summed E-state index contributed by atoms with van der Waals surface area (Å²) in [6.45, 7) is 6.12. The first-order valence-corrected chi connectivity index (χ1v) is 5.42. The lowest BCUT2D eigenvalue weighted by molar-refractivity contribution is 0.464. The molecule has 84 valence electrons. The molecule has 0 aliphatic rings. The van der Waals surface area contributed by atoms with Crippen LogP contribution < -0.4 is 0 Å². The molecule has 0 saturated heterocycles. The zero-order valence-corrected chi connectivity index (χ0v) is 9.81. The van der Waals surface area contributed by atoms with Crippen LogP contribution in [0, 0.1) is 6.92 Å². The summed E-state index contributed by atoms with van der Waals surface area (Å²) in [6, 6.07) is 5.68. The van der Waals surface area contributed by atoms with Gasteiger partial charge in [0.1, 0.15) is 5.75 Å². The van der Waals surface area contributed by atoms with Gasteiger partial charge in [-0.05, 0) is 30.0 Å². The predicted molar refractivity (Wildman–Crippen MR) is 64.1 cm³/mol. The quantitative estimate of drug-likeness (QED) is 0.838. The van der Waals surface area contributed by atoms with E-state index < -0.39 is 0 Å². The maximum absolute atomic E-state index is 9.89. The highest BCUT2D eigenvalue weighted by Gasteiger charge is 2.07.